The van der Waals surface area contributed by atoms with E-state index < -0.39 is 12.2 Å². The highest BCUT2D eigenvalue weighted by Gasteiger charge is 2.33. The summed E-state index contributed by atoms with van der Waals surface area (Å²) in [5.74, 6) is -0.132. The molecule has 0 aromatic heterocycles. The molecule has 1 aliphatic rings. The molecule has 2 rings (SSSR count). The SMILES string of the molecule is CC1CN(F)c2ccccc2C1OC(N)=O. The van der Waals surface area contributed by atoms with Crippen LogP contribution in [0.5, 0.6) is 0 Å². The van der Waals surface area contributed by atoms with Gasteiger partial charge in [-0.1, -0.05) is 29.6 Å². The van der Waals surface area contributed by atoms with Crippen LogP contribution in [0.15, 0.2) is 24.3 Å². The van der Waals surface area contributed by atoms with Crippen molar-refractivity contribution in [3.05, 3.63) is 29.8 Å². The number of ether oxygens (including phenoxy) is 1. The number of benzene rings is 1. The molecule has 2 N–H and O–H groups in total. The normalized spacial score (nSPS) is 23.8. The molecule has 16 heavy (non-hydrogen) atoms. The molecule has 5 heteroatoms. The zero-order valence-corrected chi connectivity index (χ0v) is 8.89. The van der Waals surface area contributed by atoms with Gasteiger partial charge in [0.05, 0.1) is 12.2 Å². The monoisotopic (exact) mass is 224 g/mol. The smallest absolute Gasteiger partial charge is 0.405 e. The fraction of sp³-hybridized carbons (Fsp3) is 0.364. The maximum atomic E-state index is 13.6. The Kier molecular flexibility index (Phi) is 2.68. The van der Waals surface area contributed by atoms with E-state index in [9.17, 15) is 9.28 Å². The number of fused-ring (bicyclic) bond motifs is 1. The first-order chi connectivity index (χ1) is 7.59. The van der Waals surface area contributed by atoms with Gasteiger partial charge in [0, 0.05) is 11.5 Å². The number of nitrogens with zero attached hydrogens (tertiary/aromatic N) is 1. The van der Waals surface area contributed by atoms with Gasteiger partial charge < -0.3 is 10.5 Å². The van der Waals surface area contributed by atoms with Crippen molar-refractivity contribution in [2.75, 3.05) is 11.7 Å². The summed E-state index contributed by atoms with van der Waals surface area (Å²) in [5.41, 5.74) is 6.10. The van der Waals surface area contributed by atoms with E-state index in [0.29, 0.717) is 16.4 Å². The molecule has 0 spiro atoms. The van der Waals surface area contributed by atoms with Crippen molar-refractivity contribution in [2.45, 2.75) is 13.0 Å². The van der Waals surface area contributed by atoms with E-state index in [1.54, 1.807) is 24.3 Å². The van der Waals surface area contributed by atoms with E-state index >= 15 is 0 Å². The number of halogens is 1. The minimum atomic E-state index is -0.834. The van der Waals surface area contributed by atoms with Crippen molar-refractivity contribution in [1.82, 2.24) is 0 Å². The Labute approximate surface area is 92.7 Å². The molecule has 0 saturated carbocycles. The lowest BCUT2D eigenvalue weighted by molar-refractivity contribution is 0.0660. The second-order valence-electron chi connectivity index (χ2n) is 3.94. The number of amides is 1. The van der Waals surface area contributed by atoms with Crippen molar-refractivity contribution in [3.8, 4) is 0 Å². The van der Waals surface area contributed by atoms with Crippen LogP contribution in [0, 0.1) is 5.92 Å². The highest BCUT2D eigenvalue weighted by atomic mass is 19.2. The topological polar surface area (TPSA) is 55.6 Å². The lowest BCUT2D eigenvalue weighted by Crippen LogP contribution is -2.34. The van der Waals surface area contributed by atoms with Gasteiger partial charge in [0.2, 0.25) is 0 Å². The Morgan fingerprint density at radius 2 is 2.25 bits per heavy atom. The largest absolute Gasteiger partial charge is 0.441 e. The number of rotatable bonds is 1. The Morgan fingerprint density at radius 3 is 2.94 bits per heavy atom. The summed E-state index contributed by atoms with van der Waals surface area (Å²) >= 11 is 0. The van der Waals surface area contributed by atoms with E-state index in [1.807, 2.05) is 6.92 Å². The third-order valence-electron chi connectivity index (χ3n) is 2.71. The lowest BCUT2D eigenvalue weighted by Gasteiger charge is -2.33. The Hall–Kier alpha value is -1.78. The summed E-state index contributed by atoms with van der Waals surface area (Å²) in [6, 6.07) is 6.91. The molecule has 86 valence electrons. The molecule has 0 bridgehead atoms. The quantitative estimate of drug-likeness (QED) is 0.744. The number of primary amides is 1. The Bertz CT molecular complexity index is 411. The van der Waals surface area contributed by atoms with Crippen LogP contribution in [0.4, 0.5) is 15.0 Å². The van der Waals surface area contributed by atoms with Crippen LogP contribution in [-0.2, 0) is 4.74 Å². The van der Waals surface area contributed by atoms with E-state index in [0.717, 1.165) is 0 Å². The molecule has 0 fully saturated rings. The molecule has 1 aliphatic heterocycles. The summed E-state index contributed by atoms with van der Waals surface area (Å²) in [5, 5.41) is 0.668. The molecule has 0 aliphatic carbocycles. The van der Waals surface area contributed by atoms with Crippen molar-refractivity contribution in [2.24, 2.45) is 11.7 Å². The minimum Gasteiger partial charge on any atom is -0.441 e. The Morgan fingerprint density at radius 1 is 1.56 bits per heavy atom. The fourth-order valence-corrected chi connectivity index (χ4v) is 2.01. The van der Waals surface area contributed by atoms with Crippen LogP contribution in [-0.4, -0.2) is 12.6 Å². The molecule has 2 atom stereocenters. The van der Waals surface area contributed by atoms with Crippen LogP contribution < -0.4 is 10.9 Å². The zero-order valence-electron chi connectivity index (χ0n) is 8.89. The average molecular weight is 224 g/mol. The standard InChI is InChI=1S/C11H13FN2O2/c1-7-6-14(12)9-5-3-2-4-8(9)10(7)16-11(13)15/h2-5,7,10H,6H2,1H3,(H2,13,15). The number of carbonyl (C=O) groups is 1. The second-order valence-corrected chi connectivity index (χ2v) is 3.94. The van der Waals surface area contributed by atoms with Gasteiger partial charge in [-0.25, -0.2) is 9.92 Å². The van der Waals surface area contributed by atoms with Crippen LogP contribution >= 0.6 is 0 Å². The van der Waals surface area contributed by atoms with Crippen LogP contribution in [0.2, 0.25) is 0 Å². The van der Waals surface area contributed by atoms with Gasteiger partial charge in [-0.05, 0) is 6.07 Å². The van der Waals surface area contributed by atoms with E-state index in [1.165, 1.54) is 0 Å². The van der Waals surface area contributed by atoms with E-state index in [2.05, 4.69) is 0 Å². The van der Waals surface area contributed by atoms with E-state index in [4.69, 9.17) is 10.5 Å². The van der Waals surface area contributed by atoms with Gasteiger partial charge in [-0.2, -0.15) is 0 Å². The third-order valence-corrected chi connectivity index (χ3v) is 2.71. The number of anilines is 1. The predicted molar refractivity (Wildman–Crippen MR) is 57.5 cm³/mol. The van der Waals surface area contributed by atoms with Gasteiger partial charge in [0.25, 0.3) is 0 Å². The molecule has 0 radical (unpaired) electrons. The number of carbonyl (C=O) groups excluding carboxylic acids is 1. The zero-order chi connectivity index (χ0) is 11.7. The van der Waals surface area contributed by atoms with Gasteiger partial charge in [-0.15, -0.1) is 0 Å². The van der Waals surface area contributed by atoms with Crippen molar-refractivity contribution in [3.63, 3.8) is 0 Å². The lowest BCUT2D eigenvalue weighted by atomic mass is 9.92. The summed E-state index contributed by atoms with van der Waals surface area (Å²) in [7, 11) is 0. The van der Waals surface area contributed by atoms with Crippen molar-refractivity contribution in [1.29, 1.82) is 0 Å². The highest BCUT2D eigenvalue weighted by Crippen LogP contribution is 2.39. The third kappa shape index (κ3) is 1.80. The van der Waals surface area contributed by atoms with Crippen LogP contribution in [0.3, 0.4) is 0 Å². The van der Waals surface area contributed by atoms with Gasteiger partial charge in [0.15, 0.2) is 0 Å². The minimum absolute atomic E-state index is 0.132. The summed E-state index contributed by atoms with van der Waals surface area (Å²) in [6.07, 6.45) is -1.31. The van der Waals surface area contributed by atoms with E-state index in [-0.39, 0.29) is 12.5 Å². The second kappa shape index (κ2) is 4.00. The molecule has 1 aromatic carbocycles. The van der Waals surface area contributed by atoms with Crippen LogP contribution in [0.1, 0.15) is 18.6 Å². The molecule has 2 unspecified atom stereocenters. The average Bonchev–Trinajstić information content (AvgIpc) is 2.24. The molecule has 1 amide bonds. The summed E-state index contributed by atoms with van der Waals surface area (Å²) < 4.78 is 18.6. The summed E-state index contributed by atoms with van der Waals surface area (Å²) in [4.78, 5) is 10.8. The fourth-order valence-electron chi connectivity index (χ4n) is 2.01. The maximum Gasteiger partial charge on any atom is 0.405 e. The van der Waals surface area contributed by atoms with Gasteiger partial charge in [-0.3, -0.25) is 0 Å². The first kappa shape index (κ1) is 10.7. The number of hydrogen-bond donors (Lipinski definition) is 1. The van der Waals surface area contributed by atoms with Gasteiger partial charge >= 0.3 is 6.09 Å². The molecule has 1 aromatic rings. The van der Waals surface area contributed by atoms with Crippen LogP contribution in [0.25, 0.3) is 0 Å². The summed E-state index contributed by atoms with van der Waals surface area (Å²) in [6.45, 7) is 2.01. The Balaban J connectivity index is 2.38. The first-order valence-corrected chi connectivity index (χ1v) is 5.08. The highest BCUT2D eigenvalue weighted by molar-refractivity contribution is 5.66. The number of hydrogen-bond acceptors (Lipinski definition) is 3. The molecule has 1 heterocycles. The molecule has 0 saturated heterocycles. The molecular formula is C11H13FN2O2. The van der Waals surface area contributed by atoms with Gasteiger partial charge in [0.1, 0.15) is 6.10 Å². The number of para-hydroxylation sites is 1. The maximum absolute atomic E-state index is 13.6. The number of nitrogens with two attached hydrogens (primary N) is 1. The van der Waals surface area contributed by atoms with Crippen molar-refractivity contribution >= 4 is 11.8 Å². The van der Waals surface area contributed by atoms with Crippen molar-refractivity contribution < 1.29 is 14.0 Å². The molecule has 4 nitrogen and oxygen atoms in total. The first-order valence-electron chi connectivity index (χ1n) is 5.08. The molecular weight excluding hydrogens is 211 g/mol. The predicted octanol–water partition coefficient (Wildman–Crippen LogP) is 2.16.